The number of aryl methyl sites for hydroxylation is 1. The quantitative estimate of drug-likeness (QED) is 0.726. The van der Waals surface area contributed by atoms with Gasteiger partial charge in [0.15, 0.2) is 0 Å². The van der Waals surface area contributed by atoms with E-state index in [1.807, 2.05) is 6.92 Å². The van der Waals surface area contributed by atoms with Gasteiger partial charge in [0.1, 0.15) is 5.82 Å². The monoisotopic (exact) mass is 253 g/mol. The first-order chi connectivity index (χ1) is 8.79. The summed E-state index contributed by atoms with van der Waals surface area (Å²) in [4.78, 5) is 6.77. The van der Waals surface area contributed by atoms with E-state index in [-0.39, 0.29) is 0 Å². The summed E-state index contributed by atoms with van der Waals surface area (Å²) in [5, 5.41) is 10.7. The summed E-state index contributed by atoms with van der Waals surface area (Å²) in [6.07, 6.45) is 1.88. The Labute approximate surface area is 108 Å². The number of hydrogen-bond acceptors (Lipinski definition) is 5. The van der Waals surface area contributed by atoms with Gasteiger partial charge in [-0.25, -0.2) is 0 Å². The Bertz CT molecular complexity index is 354. The highest BCUT2D eigenvalue weighted by atomic mass is 16.5. The van der Waals surface area contributed by atoms with Crippen LogP contribution in [0.15, 0.2) is 0 Å². The van der Waals surface area contributed by atoms with Crippen LogP contribution in [0.4, 0.5) is 5.95 Å². The second-order valence-corrected chi connectivity index (χ2v) is 4.68. The third-order valence-corrected chi connectivity index (χ3v) is 3.08. The average molecular weight is 253 g/mol. The van der Waals surface area contributed by atoms with Crippen LogP contribution in [0.5, 0.6) is 0 Å². The summed E-state index contributed by atoms with van der Waals surface area (Å²) < 4.78 is 5.31. The number of H-pyrrole nitrogens is 1. The molecule has 6 nitrogen and oxygen atoms in total. The maximum absolute atomic E-state index is 5.31. The standard InChI is InChI=1S/C12H23N5O/c1-3-18-8-4-5-11-14-12(16-15-11)17-7-6-13-10(2)9-17/h10,13H,3-9H2,1-2H3,(H,14,15,16). The SMILES string of the molecule is CCOCCCc1nc(N2CCNC(C)C2)n[nH]1. The first-order valence-electron chi connectivity index (χ1n) is 6.77. The Balaban J connectivity index is 1.81. The van der Waals surface area contributed by atoms with E-state index in [0.29, 0.717) is 6.04 Å². The van der Waals surface area contributed by atoms with Crippen LogP contribution in [0.25, 0.3) is 0 Å². The minimum absolute atomic E-state index is 0.499. The van der Waals surface area contributed by atoms with Gasteiger partial charge in [-0.1, -0.05) is 0 Å². The molecule has 1 unspecified atom stereocenters. The minimum Gasteiger partial charge on any atom is -0.382 e. The van der Waals surface area contributed by atoms with Gasteiger partial charge in [-0.3, -0.25) is 5.10 Å². The van der Waals surface area contributed by atoms with Crippen LogP contribution in [0, 0.1) is 0 Å². The number of aromatic nitrogens is 3. The van der Waals surface area contributed by atoms with Crippen LogP contribution in [0.2, 0.25) is 0 Å². The fraction of sp³-hybridized carbons (Fsp3) is 0.833. The smallest absolute Gasteiger partial charge is 0.244 e. The molecule has 1 saturated heterocycles. The van der Waals surface area contributed by atoms with Crippen molar-refractivity contribution in [1.29, 1.82) is 0 Å². The van der Waals surface area contributed by atoms with E-state index >= 15 is 0 Å². The van der Waals surface area contributed by atoms with Crippen molar-refractivity contribution in [3.8, 4) is 0 Å². The maximum atomic E-state index is 5.31. The number of aromatic amines is 1. The molecule has 0 spiro atoms. The molecule has 0 aliphatic carbocycles. The van der Waals surface area contributed by atoms with E-state index in [1.54, 1.807) is 0 Å². The van der Waals surface area contributed by atoms with Crippen LogP contribution in [0.1, 0.15) is 26.1 Å². The molecule has 2 rings (SSSR count). The zero-order valence-electron chi connectivity index (χ0n) is 11.3. The Morgan fingerprint density at radius 1 is 1.50 bits per heavy atom. The molecule has 1 aliphatic heterocycles. The summed E-state index contributed by atoms with van der Waals surface area (Å²) in [5.41, 5.74) is 0. The molecule has 18 heavy (non-hydrogen) atoms. The Morgan fingerprint density at radius 3 is 3.17 bits per heavy atom. The van der Waals surface area contributed by atoms with Gasteiger partial charge in [0, 0.05) is 45.3 Å². The predicted molar refractivity (Wildman–Crippen MR) is 70.9 cm³/mol. The second kappa shape index (κ2) is 6.70. The molecule has 6 heteroatoms. The summed E-state index contributed by atoms with van der Waals surface area (Å²) in [6, 6.07) is 0.499. The molecule has 0 amide bonds. The number of piperazine rings is 1. The largest absolute Gasteiger partial charge is 0.382 e. The van der Waals surface area contributed by atoms with E-state index in [1.165, 1.54) is 0 Å². The lowest BCUT2D eigenvalue weighted by Gasteiger charge is -2.30. The molecule has 1 atom stereocenters. The zero-order valence-corrected chi connectivity index (χ0v) is 11.3. The molecule has 0 radical (unpaired) electrons. The minimum atomic E-state index is 0.499. The van der Waals surface area contributed by atoms with Crippen molar-refractivity contribution in [2.75, 3.05) is 37.7 Å². The molecular formula is C12H23N5O. The van der Waals surface area contributed by atoms with Gasteiger partial charge in [0.05, 0.1) is 0 Å². The van der Waals surface area contributed by atoms with E-state index in [2.05, 4.69) is 32.3 Å². The lowest BCUT2D eigenvalue weighted by molar-refractivity contribution is 0.145. The third-order valence-electron chi connectivity index (χ3n) is 3.08. The van der Waals surface area contributed by atoms with Gasteiger partial charge < -0.3 is 15.0 Å². The summed E-state index contributed by atoms with van der Waals surface area (Å²) >= 11 is 0. The van der Waals surface area contributed by atoms with E-state index in [4.69, 9.17) is 4.74 Å². The lowest BCUT2D eigenvalue weighted by atomic mass is 10.2. The highest BCUT2D eigenvalue weighted by Crippen LogP contribution is 2.10. The molecule has 0 aromatic carbocycles. The van der Waals surface area contributed by atoms with Crippen molar-refractivity contribution in [2.45, 2.75) is 32.7 Å². The molecule has 2 heterocycles. The van der Waals surface area contributed by atoms with Gasteiger partial charge >= 0.3 is 0 Å². The highest BCUT2D eigenvalue weighted by Gasteiger charge is 2.18. The van der Waals surface area contributed by atoms with Crippen LogP contribution >= 0.6 is 0 Å². The second-order valence-electron chi connectivity index (χ2n) is 4.68. The summed E-state index contributed by atoms with van der Waals surface area (Å²) in [5.74, 6) is 1.78. The number of nitrogens with zero attached hydrogens (tertiary/aromatic N) is 3. The van der Waals surface area contributed by atoms with Gasteiger partial charge in [-0.05, 0) is 20.3 Å². The molecule has 0 bridgehead atoms. The van der Waals surface area contributed by atoms with Gasteiger partial charge in [0.2, 0.25) is 5.95 Å². The van der Waals surface area contributed by atoms with E-state index < -0.39 is 0 Å². The molecular weight excluding hydrogens is 230 g/mol. The molecule has 2 N–H and O–H groups in total. The lowest BCUT2D eigenvalue weighted by Crippen LogP contribution is -2.49. The van der Waals surface area contributed by atoms with E-state index in [0.717, 1.165) is 57.5 Å². The molecule has 1 aromatic heterocycles. The van der Waals surface area contributed by atoms with Crippen LogP contribution in [-0.2, 0) is 11.2 Å². The van der Waals surface area contributed by atoms with Crippen molar-refractivity contribution >= 4 is 5.95 Å². The van der Waals surface area contributed by atoms with Gasteiger partial charge in [-0.2, -0.15) is 4.98 Å². The maximum Gasteiger partial charge on any atom is 0.244 e. The number of nitrogens with one attached hydrogen (secondary N) is 2. The molecule has 1 aromatic rings. The number of rotatable bonds is 6. The van der Waals surface area contributed by atoms with Crippen LogP contribution in [-0.4, -0.2) is 54.1 Å². The Kier molecular flexibility index (Phi) is 4.95. The Hall–Kier alpha value is -1.14. The predicted octanol–water partition coefficient (Wildman–Crippen LogP) is 0.572. The first kappa shape index (κ1) is 13.3. The van der Waals surface area contributed by atoms with Crippen molar-refractivity contribution in [2.24, 2.45) is 0 Å². The summed E-state index contributed by atoms with van der Waals surface area (Å²) in [7, 11) is 0. The summed E-state index contributed by atoms with van der Waals surface area (Å²) in [6.45, 7) is 8.70. The van der Waals surface area contributed by atoms with Crippen LogP contribution in [0.3, 0.4) is 0 Å². The molecule has 102 valence electrons. The van der Waals surface area contributed by atoms with Crippen molar-refractivity contribution in [3.63, 3.8) is 0 Å². The normalized spacial score (nSPS) is 20.3. The Morgan fingerprint density at radius 2 is 2.39 bits per heavy atom. The van der Waals surface area contributed by atoms with Crippen molar-refractivity contribution < 1.29 is 4.74 Å². The molecule has 0 saturated carbocycles. The van der Waals surface area contributed by atoms with Crippen LogP contribution < -0.4 is 10.2 Å². The molecule has 1 aliphatic rings. The zero-order chi connectivity index (χ0) is 12.8. The van der Waals surface area contributed by atoms with E-state index in [9.17, 15) is 0 Å². The highest BCUT2D eigenvalue weighted by molar-refractivity contribution is 5.30. The van der Waals surface area contributed by atoms with Gasteiger partial charge in [0.25, 0.3) is 0 Å². The first-order valence-corrected chi connectivity index (χ1v) is 6.77. The van der Waals surface area contributed by atoms with Crippen molar-refractivity contribution in [3.05, 3.63) is 5.82 Å². The fourth-order valence-electron chi connectivity index (χ4n) is 2.14. The number of anilines is 1. The third kappa shape index (κ3) is 3.68. The number of ether oxygens (including phenoxy) is 1. The fourth-order valence-corrected chi connectivity index (χ4v) is 2.14. The van der Waals surface area contributed by atoms with Crippen molar-refractivity contribution in [1.82, 2.24) is 20.5 Å². The number of hydrogen-bond donors (Lipinski definition) is 2. The topological polar surface area (TPSA) is 66.1 Å². The average Bonchev–Trinajstić information content (AvgIpc) is 2.83. The van der Waals surface area contributed by atoms with Gasteiger partial charge in [-0.15, -0.1) is 5.10 Å². The molecule has 1 fully saturated rings.